The van der Waals surface area contributed by atoms with Crippen molar-refractivity contribution in [3.63, 3.8) is 0 Å². The molecule has 0 aliphatic heterocycles. The zero-order valence-corrected chi connectivity index (χ0v) is 14.0. The molecule has 2 aromatic rings. The van der Waals surface area contributed by atoms with E-state index in [1.165, 1.54) is 25.3 Å². The SMILES string of the molecule is COc1ccc(S(N)(=O)=O)cc1-c1nc(C2(N)CCC2)no1.Cl. The number of hydrogen-bond acceptors (Lipinski definition) is 7. The van der Waals surface area contributed by atoms with Crippen molar-refractivity contribution in [1.82, 2.24) is 10.1 Å². The Labute approximate surface area is 139 Å². The molecule has 4 N–H and O–H groups in total. The number of sulfonamides is 1. The number of nitrogens with zero attached hydrogens (tertiary/aromatic N) is 2. The Morgan fingerprint density at radius 2 is 2.04 bits per heavy atom. The highest BCUT2D eigenvalue weighted by atomic mass is 35.5. The van der Waals surface area contributed by atoms with Crippen molar-refractivity contribution in [2.75, 3.05) is 7.11 Å². The summed E-state index contributed by atoms with van der Waals surface area (Å²) in [5, 5.41) is 9.05. The van der Waals surface area contributed by atoms with Crippen molar-refractivity contribution in [3.05, 3.63) is 24.0 Å². The highest BCUT2D eigenvalue weighted by Crippen LogP contribution is 2.38. The Kier molecular flexibility index (Phi) is 4.67. The van der Waals surface area contributed by atoms with Gasteiger partial charge in [0.1, 0.15) is 5.75 Å². The number of benzene rings is 1. The third-order valence-electron chi connectivity index (χ3n) is 3.85. The molecule has 3 rings (SSSR count). The maximum Gasteiger partial charge on any atom is 0.261 e. The van der Waals surface area contributed by atoms with Crippen molar-refractivity contribution < 1.29 is 17.7 Å². The average Bonchev–Trinajstić information content (AvgIpc) is 2.93. The molecule has 0 amide bonds. The molecule has 1 saturated carbocycles. The van der Waals surface area contributed by atoms with Crippen LogP contribution >= 0.6 is 12.4 Å². The van der Waals surface area contributed by atoms with E-state index in [0.717, 1.165) is 19.3 Å². The lowest BCUT2D eigenvalue weighted by atomic mass is 9.77. The Hall–Kier alpha value is -1.68. The van der Waals surface area contributed by atoms with Crippen LogP contribution in [0.5, 0.6) is 5.75 Å². The average molecular weight is 361 g/mol. The normalized spacial score (nSPS) is 16.3. The fourth-order valence-corrected chi connectivity index (χ4v) is 2.89. The summed E-state index contributed by atoms with van der Waals surface area (Å²) in [5.41, 5.74) is 5.95. The summed E-state index contributed by atoms with van der Waals surface area (Å²) < 4.78 is 33.4. The minimum atomic E-state index is -3.84. The maximum absolute atomic E-state index is 11.5. The molecular weight excluding hydrogens is 344 g/mol. The molecule has 1 aromatic carbocycles. The van der Waals surface area contributed by atoms with Crippen molar-refractivity contribution in [2.24, 2.45) is 10.9 Å². The number of halogens is 1. The van der Waals surface area contributed by atoms with Gasteiger partial charge in [0.15, 0.2) is 5.82 Å². The van der Waals surface area contributed by atoms with Crippen molar-refractivity contribution >= 4 is 22.4 Å². The van der Waals surface area contributed by atoms with Gasteiger partial charge in [0.25, 0.3) is 5.89 Å². The molecule has 23 heavy (non-hydrogen) atoms. The summed E-state index contributed by atoms with van der Waals surface area (Å²) in [6.45, 7) is 0. The van der Waals surface area contributed by atoms with Gasteiger partial charge in [-0.1, -0.05) is 5.16 Å². The number of aromatic nitrogens is 2. The zero-order valence-electron chi connectivity index (χ0n) is 12.4. The van der Waals surface area contributed by atoms with Crippen LogP contribution in [0, 0.1) is 0 Å². The minimum absolute atomic E-state index is 0. The fraction of sp³-hybridized carbons (Fsp3) is 0.385. The molecule has 1 aliphatic rings. The Balaban J connectivity index is 0.00000192. The van der Waals surface area contributed by atoms with Crippen LogP contribution in [-0.4, -0.2) is 25.7 Å². The van der Waals surface area contributed by atoms with E-state index >= 15 is 0 Å². The third kappa shape index (κ3) is 3.18. The molecule has 0 saturated heterocycles. The first-order chi connectivity index (χ1) is 10.3. The van der Waals surface area contributed by atoms with E-state index < -0.39 is 15.6 Å². The molecule has 0 bridgehead atoms. The molecule has 1 fully saturated rings. The zero-order chi connectivity index (χ0) is 16.0. The van der Waals surface area contributed by atoms with E-state index in [4.69, 9.17) is 20.1 Å². The van der Waals surface area contributed by atoms with Gasteiger partial charge in [-0.2, -0.15) is 4.98 Å². The Morgan fingerprint density at radius 3 is 2.57 bits per heavy atom. The smallest absolute Gasteiger partial charge is 0.261 e. The Morgan fingerprint density at radius 1 is 1.35 bits per heavy atom. The molecule has 0 spiro atoms. The van der Waals surface area contributed by atoms with Crippen LogP contribution in [-0.2, 0) is 15.6 Å². The van der Waals surface area contributed by atoms with Crippen molar-refractivity contribution in [1.29, 1.82) is 0 Å². The molecule has 0 unspecified atom stereocenters. The lowest BCUT2D eigenvalue weighted by Crippen LogP contribution is -2.44. The fourth-order valence-electron chi connectivity index (χ4n) is 2.35. The monoisotopic (exact) mass is 360 g/mol. The van der Waals surface area contributed by atoms with Gasteiger partial charge in [-0.3, -0.25) is 0 Å². The largest absolute Gasteiger partial charge is 0.496 e. The molecule has 1 aromatic heterocycles. The number of methoxy groups -OCH3 is 1. The quantitative estimate of drug-likeness (QED) is 0.834. The highest BCUT2D eigenvalue weighted by molar-refractivity contribution is 7.89. The first-order valence-corrected chi connectivity index (χ1v) is 8.22. The summed E-state index contributed by atoms with van der Waals surface area (Å²) in [4.78, 5) is 4.23. The van der Waals surface area contributed by atoms with Gasteiger partial charge in [-0.15, -0.1) is 12.4 Å². The molecular formula is C13H17ClN4O4S. The van der Waals surface area contributed by atoms with Gasteiger partial charge in [-0.05, 0) is 37.5 Å². The topological polar surface area (TPSA) is 134 Å². The lowest BCUT2D eigenvalue weighted by Gasteiger charge is -2.34. The molecule has 1 aliphatic carbocycles. The summed E-state index contributed by atoms with van der Waals surface area (Å²) in [6.07, 6.45) is 2.60. The molecule has 8 nitrogen and oxygen atoms in total. The van der Waals surface area contributed by atoms with E-state index in [1.54, 1.807) is 0 Å². The predicted molar refractivity (Wildman–Crippen MR) is 84.6 cm³/mol. The predicted octanol–water partition coefficient (Wildman–Crippen LogP) is 1.15. The van der Waals surface area contributed by atoms with Crippen LogP contribution in [0.4, 0.5) is 0 Å². The number of hydrogen-bond donors (Lipinski definition) is 2. The summed E-state index contributed by atoms with van der Waals surface area (Å²) in [7, 11) is -2.38. The summed E-state index contributed by atoms with van der Waals surface area (Å²) in [6, 6.07) is 4.18. The van der Waals surface area contributed by atoms with E-state index in [0.29, 0.717) is 17.1 Å². The van der Waals surface area contributed by atoms with Crippen molar-refractivity contribution in [3.8, 4) is 17.2 Å². The van der Waals surface area contributed by atoms with Crippen molar-refractivity contribution in [2.45, 2.75) is 29.7 Å². The minimum Gasteiger partial charge on any atom is -0.496 e. The van der Waals surface area contributed by atoms with Gasteiger partial charge in [0.2, 0.25) is 10.0 Å². The number of rotatable bonds is 4. The molecule has 1 heterocycles. The Bertz CT molecular complexity index is 817. The number of ether oxygens (including phenoxy) is 1. The van der Waals surface area contributed by atoms with Gasteiger partial charge in [0, 0.05) is 0 Å². The van der Waals surface area contributed by atoms with E-state index in [9.17, 15) is 8.42 Å². The molecule has 10 heteroatoms. The summed E-state index contributed by atoms with van der Waals surface area (Å²) >= 11 is 0. The van der Waals surface area contributed by atoms with Crippen LogP contribution in [0.2, 0.25) is 0 Å². The second-order valence-corrected chi connectivity index (χ2v) is 6.90. The van der Waals surface area contributed by atoms with E-state index in [1.807, 2.05) is 0 Å². The van der Waals surface area contributed by atoms with Crippen LogP contribution < -0.4 is 15.6 Å². The van der Waals surface area contributed by atoms with Gasteiger partial charge >= 0.3 is 0 Å². The van der Waals surface area contributed by atoms with E-state index in [-0.39, 0.29) is 23.2 Å². The highest BCUT2D eigenvalue weighted by Gasteiger charge is 2.39. The number of nitrogens with two attached hydrogens (primary N) is 2. The first-order valence-electron chi connectivity index (χ1n) is 6.68. The molecule has 0 atom stereocenters. The van der Waals surface area contributed by atoms with Crippen LogP contribution in [0.25, 0.3) is 11.5 Å². The van der Waals surface area contributed by atoms with Gasteiger partial charge in [-0.25, -0.2) is 13.6 Å². The summed E-state index contributed by atoms with van der Waals surface area (Å²) in [5.74, 6) is 0.966. The van der Waals surface area contributed by atoms with Gasteiger partial charge < -0.3 is 15.0 Å². The second-order valence-electron chi connectivity index (χ2n) is 5.34. The maximum atomic E-state index is 11.5. The first kappa shape index (κ1) is 17.7. The van der Waals surface area contributed by atoms with Crippen LogP contribution in [0.15, 0.2) is 27.6 Å². The van der Waals surface area contributed by atoms with Gasteiger partial charge in [0.05, 0.1) is 23.1 Å². The lowest BCUT2D eigenvalue weighted by molar-refractivity contribution is 0.229. The van der Waals surface area contributed by atoms with Crippen LogP contribution in [0.3, 0.4) is 0 Å². The van der Waals surface area contributed by atoms with E-state index in [2.05, 4.69) is 10.1 Å². The standard InChI is InChI=1S/C13H16N4O4S.ClH/c1-20-10-4-3-8(22(15,18)19)7-9(10)11-16-12(17-21-11)13(14)5-2-6-13;/h3-4,7H,2,5-6,14H2,1H3,(H2,15,18,19);1H. The van der Waals surface area contributed by atoms with Crippen LogP contribution in [0.1, 0.15) is 25.1 Å². The molecule has 126 valence electrons. The third-order valence-corrected chi connectivity index (χ3v) is 4.76. The second kappa shape index (κ2) is 6.08. The number of primary sulfonamides is 1. The molecule has 0 radical (unpaired) electrons.